The lowest BCUT2D eigenvalue weighted by molar-refractivity contribution is -0.140. The fourth-order valence-corrected chi connectivity index (χ4v) is 3.38. The molecule has 1 fully saturated rings. The Morgan fingerprint density at radius 1 is 1.33 bits per heavy atom. The molecule has 0 bridgehead atoms. The molecule has 1 unspecified atom stereocenters. The van der Waals surface area contributed by atoms with Crippen molar-refractivity contribution >= 4 is 23.7 Å². The van der Waals surface area contributed by atoms with E-state index in [9.17, 15) is 4.79 Å². The fourth-order valence-electron chi connectivity index (χ4n) is 2.20. The van der Waals surface area contributed by atoms with Crippen molar-refractivity contribution in [3.05, 3.63) is 0 Å². The summed E-state index contributed by atoms with van der Waals surface area (Å²) in [6.45, 7) is 4.76. The zero-order valence-electron chi connectivity index (χ0n) is 13.3. The molecule has 0 aliphatic carbocycles. The first-order chi connectivity index (χ1) is 10.3. The average molecular weight is 315 g/mol. The molecule has 6 heteroatoms. The highest BCUT2D eigenvalue weighted by molar-refractivity contribution is 8.00. The second-order valence-electron chi connectivity index (χ2n) is 5.17. The van der Waals surface area contributed by atoms with Crippen molar-refractivity contribution in [2.75, 3.05) is 32.5 Å². The summed E-state index contributed by atoms with van der Waals surface area (Å²) in [5, 5.41) is 7.34. The highest BCUT2D eigenvalue weighted by Crippen LogP contribution is 2.25. The molecule has 1 saturated heterocycles. The largest absolute Gasteiger partial charge is 0.469 e. The number of ether oxygens (including phenoxy) is 1. The minimum atomic E-state index is -0.119. The Kier molecular flexibility index (Phi) is 10.1. The SMILES string of the molecule is CCNC(=NCC1CCCS1)NCCCCCC(=O)OC. The van der Waals surface area contributed by atoms with Crippen molar-refractivity contribution in [1.82, 2.24) is 10.6 Å². The van der Waals surface area contributed by atoms with Crippen LogP contribution >= 0.6 is 11.8 Å². The Hall–Kier alpha value is -0.910. The summed E-state index contributed by atoms with van der Waals surface area (Å²) in [7, 11) is 1.44. The van der Waals surface area contributed by atoms with E-state index in [2.05, 4.69) is 27.3 Å². The molecule has 1 aliphatic rings. The second kappa shape index (κ2) is 11.7. The van der Waals surface area contributed by atoms with E-state index in [4.69, 9.17) is 0 Å². The molecule has 21 heavy (non-hydrogen) atoms. The Balaban J connectivity index is 2.12. The van der Waals surface area contributed by atoms with Crippen LogP contribution in [0.2, 0.25) is 0 Å². The number of aliphatic imine (C=N–C) groups is 1. The summed E-state index contributed by atoms with van der Waals surface area (Å²) < 4.78 is 4.62. The van der Waals surface area contributed by atoms with Crippen molar-refractivity contribution < 1.29 is 9.53 Å². The summed E-state index contributed by atoms with van der Waals surface area (Å²) >= 11 is 2.04. The average Bonchev–Trinajstić information content (AvgIpc) is 3.01. The van der Waals surface area contributed by atoms with Gasteiger partial charge in [-0.3, -0.25) is 9.79 Å². The van der Waals surface area contributed by atoms with Crippen molar-refractivity contribution in [2.45, 2.75) is 50.7 Å². The predicted molar refractivity (Wildman–Crippen MR) is 89.9 cm³/mol. The van der Waals surface area contributed by atoms with Gasteiger partial charge in [-0.15, -0.1) is 0 Å². The van der Waals surface area contributed by atoms with Crippen LogP contribution in [0.3, 0.4) is 0 Å². The van der Waals surface area contributed by atoms with Gasteiger partial charge in [0.25, 0.3) is 0 Å². The maximum Gasteiger partial charge on any atom is 0.305 e. The Bertz CT molecular complexity index is 318. The van der Waals surface area contributed by atoms with Gasteiger partial charge in [0.2, 0.25) is 0 Å². The number of methoxy groups -OCH3 is 1. The van der Waals surface area contributed by atoms with E-state index in [1.807, 2.05) is 11.8 Å². The maximum atomic E-state index is 11.0. The van der Waals surface area contributed by atoms with E-state index >= 15 is 0 Å². The van der Waals surface area contributed by atoms with Crippen LogP contribution in [0.5, 0.6) is 0 Å². The lowest BCUT2D eigenvalue weighted by atomic mass is 10.2. The molecular formula is C15H29N3O2S. The van der Waals surface area contributed by atoms with Gasteiger partial charge in [-0.25, -0.2) is 0 Å². The predicted octanol–water partition coefficient (Wildman–Crippen LogP) is 2.17. The fraction of sp³-hybridized carbons (Fsp3) is 0.867. The van der Waals surface area contributed by atoms with Gasteiger partial charge < -0.3 is 15.4 Å². The van der Waals surface area contributed by atoms with Gasteiger partial charge in [-0.1, -0.05) is 6.42 Å². The monoisotopic (exact) mass is 315 g/mol. The second-order valence-corrected chi connectivity index (χ2v) is 6.58. The minimum absolute atomic E-state index is 0.119. The molecule has 1 aliphatic heterocycles. The van der Waals surface area contributed by atoms with Gasteiger partial charge in [0, 0.05) is 24.8 Å². The van der Waals surface area contributed by atoms with Gasteiger partial charge >= 0.3 is 5.97 Å². The van der Waals surface area contributed by atoms with Crippen LogP contribution in [-0.2, 0) is 9.53 Å². The molecule has 1 heterocycles. The van der Waals surface area contributed by atoms with Crippen LogP contribution in [0.15, 0.2) is 4.99 Å². The highest BCUT2D eigenvalue weighted by Gasteiger charge is 2.14. The molecule has 0 aromatic carbocycles. The third kappa shape index (κ3) is 8.86. The third-order valence-electron chi connectivity index (χ3n) is 3.40. The number of carbonyl (C=O) groups excluding carboxylic acids is 1. The first-order valence-corrected chi connectivity index (χ1v) is 9.01. The number of rotatable bonds is 9. The van der Waals surface area contributed by atoms with Crippen LogP contribution in [0.25, 0.3) is 0 Å². The number of esters is 1. The van der Waals surface area contributed by atoms with E-state index in [1.165, 1.54) is 25.7 Å². The molecule has 0 saturated carbocycles. The topological polar surface area (TPSA) is 62.7 Å². The van der Waals surface area contributed by atoms with Crippen molar-refractivity contribution in [1.29, 1.82) is 0 Å². The Morgan fingerprint density at radius 3 is 2.86 bits per heavy atom. The number of hydrogen-bond acceptors (Lipinski definition) is 4. The zero-order chi connectivity index (χ0) is 15.3. The molecule has 0 spiro atoms. The summed E-state index contributed by atoms with van der Waals surface area (Å²) in [6.07, 6.45) is 6.10. The lowest BCUT2D eigenvalue weighted by Crippen LogP contribution is -2.38. The first kappa shape index (κ1) is 18.1. The van der Waals surface area contributed by atoms with Crippen molar-refractivity contribution in [3.8, 4) is 0 Å². The van der Waals surface area contributed by atoms with Gasteiger partial charge in [-0.05, 0) is 38.4 Å². The quantitative estimate of drug-likeness (QED) is 0.295. The number of carbonyl (C=O) groups is 1. The van der Waals surface area contributed by atoms with Crippen LogP contribution in [0.4, 0.5) is 0 Å². The lowest BCUT2D eigenvalue weighted by Gasteiger charge is -2.12. The van der Waals surface area contributed by atoms with Crippen LogP contribution in [0.1, 0.15) is 45.4 Å². The number of nitrogens with one attached hydrogen (secondary N) is 2. The molecule has 0 aromatic heterocycles. The summed E-state index contributed by atoms with van der Waals surface area (Å²) in [5.74, 6) is 2.08. The van der Waals surface area contributed by atoms with Crippen LogP contribution < -0.4 is 10.6 Å². The number of unbranched alkanes of at least 4 members (excludes halogenated alkanes) is 2. The van der Waals surface area contributed by atoms with Crippen molar-refractivity contribution in [3.63, 3.8) is 0 Å². The van der Waals surface area contributed by atoms with Crippen molar-refractivity contribution in [2.24, 2.45) is 4.99 Å². The van der Waals surface area contributed by atoms with E-state index < -0.39 is 0 Å². The normalized spacial score (nSPS) is 18.6. The molecular weight excluding hydrogens is 286 g/mol. The molecule has 2 N–H and O–H groups in total. The molecule has 0 aromatic rings. The first-order valence-electron chi connectivity index (χ1n) is 7.96. The van der Waals surface area contributed by atoms with Crippen LogP contribution in [-0.4, -0.2) is 49.7 Å². The molecule has 5 nitrogen and oxygen atoms in total. The number of hydrogen-bond donors (Lipinski definition) is 2. The number of guanidine groups is 1. The van der Waals surface area contributed by atoms with E-state index in [0.717, 1.165) is 44.9 Å². The van der Waals surface area contributed by atoms with E-state index in [0.29, 0.717) is 11.7 Å². The smallest absolute Gasteiger partial charge is 0.305 e. The minimum Gasteiger partial charge on any atom is -0.469 e. The van der Waals surface area contributed by atoms with E-state index in [1.54, 1.807) is 0 Å². The third-order valence-corrected chi connectivity index (χ3v) is 4.78. The maximum absolute atomic E-state index is 11.0. The van der Waals surface area contributed by atoms with Gasteiger partial charge in [0.1, 0.15) is 0 Å². The summed E-state index contributed by atoms with van der Waals surface area (Å²) in [5.41, 5.74) is 0. The Morgan fingerprint density at radius 2 is 2.19 bits per heavy atom. The molecule has 0 amide bonds. The summed E-state index contributed by atoms with van der Waals surface area (Å²) in [6, 6.07) is 0. The standard InChI is InChI=1S/C15H29N3O2S/c1-3-16-15(18-12-13-8-7-11-21-13)17-10-6-4-5-9-14(19)20-2/h13H,3-12H2,1-2H3,(H2,16,17,18). The zero-order valence-corrected chi connectivity index (χ0v) is 14.1. The number of thioether (sulfide) groups is 1. The number of nitrogens with zero attached hydrogens (tertiary/aromatic N) is 1. The van der Waals surface area contributed by atoms with Gasteiger partial charge in [0.05, 0.1) is 13.7 Å². The summed E-state index contributed by atoms with van der Waals surface area (Å²) in [4.78, 5) is 15.6. The molecule has 1 atom stereocenters. The highest BCUT2D eigenvalue weighted by atomic mass is 32.2. The van der Waals surface area contributed by atoms with E-state index in [-0.39, 0.29) is 5.97 Å². The Labute approximate surface area is 132 Å². The molecule has 1 rings (SSSR count). The van der Waals surface area contributed by atoms with Gasteiger partial charge in [0.15, 0.2) is 5.96 Å². The van der Waals surface area contributed by atoms with Gasteiger partial charge in [-0.2, -0.15) is 11.8 Å². The van der Waals surface area contributed by atoms with Crippen LogP contribution in [0, 0.1) is 0 Å². The molecule has 122 valence electrons. The molecule has 0 radical (unpaired) electrons.